The number of benzene rings is 1. The summed E-state index contributed by atoms with van der Waals surface area (Å²) in [6.07, 6.45) is 0.650. The molecule has 0 aliphatic carbocycles. The monoisotopic (exact) mass is 451 g/mol. The van der Waals surface area contributed by atoms with Gasteiger partial charge in [-0.25, -0.2) is 13.6 Å². The average molecular weight is 452 g/mol. The van der Waals surface area contributed by atoms with Crippen molar-refractivity contribution in [2.24, 2.45) is 5.92 Å². The molecule has 0 bridgehead atoms. The van der Waals surface area contributed by atoms with Crippen molar-refractivity contribution in [1.29, 1.82) is 0 Å². The van der Waals surface area contributed by atoms with Gasteiger partial charge in [-0.3, -0.25) is 14.5 Å². The standard InChI is InChI=1S/C23H31F2N3O4/c1-5-26(6-2)21(29)19-16(24)7-8-17(25)20(19)22(30)27-11-9-15(10-12-27)28-18(14(3)4)13-32-23(28)31/h7-8,14-15,18H,5-6,9-13H2,1-4H3. The van der Waals surface area contributed by atoms with Gasteiger partial charge in [0.05, 0.1) is 17.2 Å². The first kappa shape index (κ1) is 23.9. The maximum atomic E-state index is 14.7. The number of piperidine rings is 1. The van der Waals surface area contributed by atoms with Crippen LogP contribution in [0, 0.1) is 17.6 Å². The molecule has 0 radical (unpaired) electrons. The second-order valence-corrected chi connectivity index (χ2v) is 8.58. The molecule has 0 N–H and O–H groups in total. The highest BCUT2D eigenvalue weighted by atomic mass is 19.1. The van der Waals surface area contributed by atoms with Crippen LogP contribution in [0.15, 0.2) is 12.1 Å². The van der Waals surface area contributed by atoms with Crippen molar-refractivity contribution in [3.05, 3.63) is 34.9 Å². The minimum atomic E-state index is -0.919. The van der Waals surface area contributed by atoms with Crippen molar-refractivity contribution in [1.82, 2.24) is 14.7 Å². The number of carbonyl (C=O) groups excluding carboxylic acids is 3. The molecule has 1 unspecified atom stereocenters. The Hall–Kier alpha value is -2.71. The van der Waals surface area contributed by atoms with Crippen molar-refractivity contribution in [3.63, 3.8) is 0 Å². The Morgan fingerprint density at radius 1 is 1.09 bits per heavy atom. The summed E-state index contributed by atoms with van der Waals surface area (Å²) in [7, 11) is 0. The minimum Gasteiger partial charge on any atom is -0.447 e. The van der Waals surface area contributed by atoms with E-state index in [0.29, 0.717) is 32.5 Å². The van der Waals surface area contributed by atoms with Gasteiger partial charge >= 0.3 is 6.09 Å². The zero-order valence-electron chi connectivity index (χ0n) is 19.1. The van der Waals surface area contributed by atoms with Gasteiger partial charge in [0.25, 0.3) is 11.8 Å². The van der Waals surface area contributed by atoms with Crippen LogP contribution in [0.3, 0.4) is 0 Å². The van der Waals surface area contributed by atoms with Crippen LogP contribution in [0.1, 0.15) is 61.3 Å². The van der Waals surface area contributed by atoms with Crippen molar-refractivity contribution in [2.45, 2.75) is 52.6 Å². The Balaban J connectivity index is 1.80. The molecule has 3 rings (SSSR count). The van der Waals surface area contributed by atoms with Crippen LogP contribution in [0.4, 0.5) is 13.6 Å². The van der Waals surface area contributed by atoms with Crippen LogP contribution in [0.2, 0.25) is 0 Å². The van der Waals surface area contributed by atoms with Crippen LogP contribution in [0.25, 0.3) is 0 Å². The fraction of sp³-hybridized carbons (Fsp3) is 0.609. The Bertz CT molecular complexity index is 880. The number of likely N-dealkylation sites (tertiary alicyclic amines) is 1. The SMILES string of the molecule is CCN(CC)C(=O)c1c(F)ccc(F)c1C(=O)N1CCC(N2C(=O)OCC2C(C)C)CC1. The predicted octanol–water partition coefficient (Wildman–Crippen LogP) is 3.53. The molecule has 3 amide bonds. The van der Waals surface area contributed by atoms with Gasteiger partial charge in [0.1, 0.15) is 18.2 Å². The third-order valence-corrected chi connectivity index (χ3v) is 6.44. The second kappa shape index (κ2) is 9.83. The molecule has 1 aromatic carbocycles. The summed E-state index contributed by atoms with van der Waals surface area (Å²) in [5.41, 5.74) is -1.05. The number of nitrogens with zero attached hydrogens (tertiary/aromatic N) is 3. The Kier molecular flexibility index (Phi) is 7.36. The van der Waals surface area contributed by atoms with E-state index in [2.05, 4.69) is 0 Å². The van der Waals surface area contributed by atoms with Gasteiger partial charge in [0, 0.05) is 32.2 Å². The quantitative estimate of drug-likeness (QED) is 0.664. The summed E-state index contributed by atoms with van der Waals surface area (Å²) >= 11 is 0. The molecule has 2 aliphatic rings. The van der Waals surface area contributed by atoms with Crippen LogP contribution < -0.4 is 0 Å². The highest BCUT2D eigenvalue weighted by Gasteiger charge is 2.41. The van der Waals surface area contributed by atoms with E-state index in [4.69, 9.17) is 4.74 Å². The lowest BCUT2D eigenvalue weighted by atomic mass is 9.96. The lowest BCUT2D eigenvalue weighted by molar-refractivity contribution is 0.0604. The summed E-state index contributed by atoms with van der Waals surface area (Å²) in [5.74, 6) is -3.01. The number of cyclic esters (lactones) is 1. The average Bonchev–Trinajstić information content (AvgIpc) is 3.17. The maximum absolute atomic E-state index is 14.7. The molecule has 176 valence electrons. The first-order valence-corrected chi connectivity index (χ1v) is 11.2. The van der Waals surface area contributed by atoms with E-state index in [1.54, 1.807) is 18.7 Å². The van der Waals surface area contributed by atoms with Gasteiger partial charge in [-0.15, -0.1) is 0 Å². The van der Waals surface area contributed by atoms with Crippen LogP contribution in [-0.4, -0.2) is 77.5 Å². The van der Waals surface area contributed by atoms with E-state index in [9.17, 15) is 23.2 Å². The molecule has 9 heteroatoms. The van der Waals surface area contributed by atoms with Gasteiger partial charge in [0.2, 0.25) is 0 Å². The summed E-state index contributed by atoms with van der Waals surface area (Å²) in [4.78, 5) is 42.8. The number of carbonyl (C=O) groups is 3. The zero-order chi connectivity index (χ0) is 23.6. The normalized spacial score (nSPS) is 19.5. The lowest BCUT2D eigenvalue weighted by Crippen LogP contribution is -2.51. The highest BCUT2D eigenvalue weighted by molar-refractivity contribution is 6.07. The molecule has 1 atom stereocenters. The van der Waals surface area contributed by atoms with Crippen LogP contribution in [0.5, 0.6) is 0 Å². The number of ether oxygens (including phenoxy) is 1. The molecule has 1 aromatic rings. The van der Waals surface area contributed by atoms with Crippen LogP contribution >= 0.6 is 0 Å². The van der Waals surface area contributed by atoms with Crippen LogP contribution in [-0.2, 0) is 4.74 Å². The summed E-state index contributed by atoms with van der Waals surface area (Å²) in [6.45, 7) is 9.04. The van der Waals surface area contributed by atoms with Gasteiger partial charge in [0.15, 0.2) is 0 Å². The lowest BCUT2D eigenvalue weighted by Gasteiger charge is -2.39. The molecule has 2 aliphatic heterocycles. The number of hydrogen-bond donors (Lipinski definition) is 0. The number of amides is 3. The summed E-state index contributed by atoms with van der Waals surface area (Å²) < 4.78 is 34.6. The predicted molar refractivity (Wildman–Crippen MR) is 114 cm³/mol. The zero-order valence-corrected chi connectivity index (χ0v) is 19.1. The fourth-order valence-corrected chi connectivity index (χ4v) is 4.52. The summed E-state index contributed by atoms with van der Waals surface area (Å²) in [6, 6.07) is 1.64. The molecular weight excluding hydrogens is 420 g/mol. The van der Waals surface area contributed by atoms with Crippen molar-refractivity contribution in [2.75, 3.05) is 32.8 Å². The molecule has 0 aromatic heterocycles. The smallest absolute Gasteiger partial charge is 0.410 e. The van der Waals surface area contributed by atoms with Gasteiger partial charge in [-0.1, -0.05) is 13.8 Å². The molecule has 0 spiro atoms. The molecule has 7 nitrogen and oxygen atoms in total. The van der Waals surface area contributed by atoms with Crippen molar-refractivity contribution in [3.8, 4) is 0 Å². The first-order valence-electron chi connectivity index (χ1n) is 11.2. The van der Waals surface area contributed by atoms with Gasteiger partial charge in [-0.05, 0) is 44.7 Å². The number of hydrogen-bond acceptors (Lipinski definition) is 4. The van der Waals surface area contributed by atoms with E-state index in [0.717, 1.165) is 12.1 Å². The molecule has 2 heterocycles. The van der Waals surface area contributed by atoms with E-state index >= 15 is 0 Å². The Labute approximate surface area is 187 Å². The number of rotatable bonds is 6. The third-order valence-electron chi connectivity index (χ3n) is 6.44. The van der Waals surface area contributed by atoms with Crippen molar-refractivity contribution >= 4 is 17.9 Å². The molecule has 2 saturated heterocycles. The maximum Gasteiger partial charge on any atom is 0.410 e. The largest absolute Gasteiger partial charge is 0.447 e. The molecule has 32 heavy (non-hydrogen) atoms. The van der Waals surface area contributed by atoms with E-state index in [1.165, 1.54) is 9.80 Å². The third kappa shape index (κ3) is 4.42. The molecular formula is C23H31F2N3O4. The fourth-order valence-electron chi connectivity index (χ4n) is 4.52. The van der Waals surface area contributed by atoms with E-state index < -0.39 is 34.6 Å². The molecule has 0 saturated carbocycles. The Morgan fingerprint density at radius 2 is 1.66 bits per heavy atom. The Morgan fingerprint density at radius 3 is 2.19 bits per heavy atom. The topological polar surface area (TPSA) is 70.2 Å². The van der Waals surface area contributed by atoms with E-state index in [-0.39, 0.29) is 37.2 Å². The first-order chi connectivity index (χ1) is 15.2. The van der Waals surface area contributed by atoms with E-state index in [1.807, 2.05) is 13.8 Å². The minimum absolute atomic E-state index is 0.0197. The molecule has 2 fully saturated rings. The number of halogens is 2. The highest BCUT2D eigenvalue weighted by Crippen LogP contribution is 2.29. The van der Waals surface area contributed by atoms with Gasteiger partial charge < -0.3 is 14.5 Å². The second-order valence-electron chi connectivity index (χ2n) is 8.58. The summed E-state index contributed by atoms with van der Waals surface area (Å²) in [5, 5.41) is 0. The van der Waals surface area contributed by atoms with Crippen molar-refractivity contribution < 1.29 is 27.9 Å². The van der Waals surface area contributed by atoms with Gasteiger partial charge in [-0.2, -0.15) is 0 Å².